The first-order chi connectivity index (χ1) is 24.3. The van der Waals surface area contributed by atoms with Gasteiger partial charge in [0.2, 0.25) is 6.79 Å². The van der Waals surface area contributed by atoms with Crippen LogP contribution in [0.3, 0.4) is 0 Å². The second-order valence-corrected chi connectivity index (χ2v) is 19.4. The Bertz CT molecular complexity index is 1660. The van der Waals surface area contributed by atoms with Gasteiger partial charge < -0.3 is 29.7 Å². The number of anilines is 1. The fourth-order valence-electron chi connectivity index (χ4n) is 13.0. The van der Waals surface area contributed by atoms with Crippen molar-refractivity contribution in [1.29, 1.82) is 0 Å². The molecule has 7 rings (SSSR count). The molecule has 1 aromatic carbocycles. The zero-order valence-corrected chi connectivity index (χ0v) is 32.6. The monoisotopic (exact) mass is 719 g/mol. The standard InChI is InChI=1S/C43H61NO8/c1-24(2)36-28(45)20-43(33(46)22-44-25-9-11-29-30(19-25)51-23-50-29)18-13-27-26(37(36)43)10-12-32-41(27,7)16-14-31-40(5,6)34(15-17-42(31,32)8)52-35(47)21-39(3,4)38(48)49/h9,11,19,24,26-27,31-34,44,46H,10,12-18,20-23H2,1-8H3,(H,48,49). The van der Waals surface area contributed by atoms with Crippen LogP contribution in [0.2, 0.25) is 0 Å². The van der Waals surface area contributed by atoms with E-state index in [0.29, 0.717) is 36.5 Å². The van der Waals surface area contributed by atoms with E-state index in [1.165, 1.54) is 5.57 Å². The van der Waals surface area contributed by atoms with Gasteiger partial charge in [-0.1, -0.05) is 47.1 Å². The van der Waals surface area contributed by atoms with Crippen LogP contribution in [0.1, 0.15) is 120 Å². The first-order valence-electron chi connectivity index (χ1n) is 19.9. The summed E-state index contributed by atoms with van der Waals surface area (Å²) in [6.45, 7) is 17.6. The number of carbonyl (C=O) groups excluding carboxylic acids is 2. The Morgan fingerprint density at radius 2 is 1.67 bits per heavy atom. The number of nitrogens with one attached hydrogen (secondary N) is 1. The number of fused-ring (bicyclic) bond motifs is 8. The lowest BCUT2D eigenvalue weighted by Crippen LogP contribution is -2.63. The summed E-state index contributed by atoms with van der Waals surface area (Å²) in [6.07, 6.45) is 7.14. The Kier molecular flexibility index (Phi) is 9.15. The minimum absolute atomic E-state index is 0.0774. The number of allylic oxidation sites excluding steroid dienone is 1. The second kappa shape index (κ2) is 12.8. The molecule has 0 aromatic heterocycles. The molecule has 4 saturated carbocycles. The van der Waals surface area contributed by atoms with Crippen LogP contribution in [0.15, 0.2) is 29.3 Å². The third kappa shape index (κ3) is 5.69. The summed E-state index contributed by atoms with van der Waals surface area (Å²) in [6, 6.07) is 5.75. The van der Waals surface area contributed by atoms with Crippen LogP contribution < -0.4 is 14.8 Å². The van der Waals surface area contributed by atoms with E-state index in [4.69, 9.17) is 14.2 Å². The van der Waals surface area contributed by atoms with E-state index in [1.807, 2.05) is 18.2 Å². The van der Waals surface area contributed by atoms with Crippen LogP contribution in [0, 0.1) is 56.7 Å². The minimum Gasteiger partial charge on any atom is -0.481 e. The predicted octanol–water partition coefficient (Wildman–Crippen LogP) is 8.19. The molecule has 0 amide bonds. The van der Waals surface area contributed by atoms with Crippen molar-refractivity contribution >= 4 is 23.4 Å². The minimum atomic E-state index is -1.16. The zero-order chi connectivity index (χ0) is 37.6. The highest BCUT2D eigenvalue weighted by Crippen LogP contribution is 2.73. The number of hydrogen-bond acceptors (Lipinski definition) is 8. The van der Waals surface area contributed by atoms with Crippen molar-refractivity contribution in [2.24, 2.45) is 56.7 Å². The number of rotatable bonds is 9. The lowest BCUT2D eigenvalue weighted by Gasteiger charge is -2.69. The van der Waals surface area contributed by atoms with Crippen molar-refractivity contribution in [1.82, 2.24) is 0 Å². The van der Waals surface area contributed by atoms with Crippen LogP contribution in [0.5, 0.6) is 11.5 Å². The summed E-state index contributed by atoms with van der Waals surface area (Å²) in [4.78, 5) is 38.8. The van der Waals surface area contributed by atoms with Crippen molar-refractivity contribution in [2.75, 3.05) is 18.7 Å². The van der Waals surface area contributed by atoms with Crippen molar-refractivity contribution in [3.63, 3.8) is 0 Å². The molecule has 0 bridgehead atoms. The average molecular weight is 720 g/mol. The van der Waals surface area contributed by atoms with E-state index >= 15 is 0 Å². The number of ketones is 1. The number of esters is 1. The number of carboxylic acid groups (broad SMARTS) is 1. The van der Waals surface area contributed by atoms with Gasteiger partial charge in [-0.15, -0.1) is 0 Å². The summed E-state index contributed by atoms with van der Waals surface area (Å²) in [5, 5.41) is 25.2. The van der Waals surface area contributed by atoms with Crippen LogP contribution in [-0.2, 0) is 19.1 Å². The van der Waals surface area contributed by atoms with Crippen LogP contribution >= 0.6 is 0 Å². The second-order valence-electron chi connectivity index (χ2n) is 19.4. The lowest BCUT2D eigenvalue weighted by atomic mass is 9.36. The molecule has 9 heteroatoms. The molecule has 52 heavy (non-hydrogen) atoms. The number of aliphatic carboxylic acids is 1. The Balaban J connectivity index is 1.12. The van der Waals surface area contributed by atoms with Gasteiger partial charge in [0.1, 0.15) is 6.10 Å². The molecule has 1 heterocycles. The molecule has 4 fully saturated rings. The summed E-state index contributed by atoms with van der Waals surface area (Å²) in [5.41, 5.74) is 1.34. The molecule has 0 radical (unpaired) electrons. The number of carbonyl (C=O) groups is 3. The quantitative estimate of drug-likeness (QED) is 0.216. The number of carboxylic acids is 1. The number of aliphatic hydroxyl groups is 1. The van der Waals surface area contributed by atoms with Gasteiger partial charge in [0.05, 0.1) is 17.9 Å². The molecule has 5 aliphatic carbocycles. The fraction of sp³-hybridized carbons (Fsp3) is 0.744. The Labute approximate surface area is 309 Å². The van der Waals surface area contributed by atoms with Crippen LogP contribution in [-0.4, -0.2) is 53.5 Å². The molecule has 286 valence electrons. The van der Waals surface area contributed by atoms with Gasteiger partial charge in [-0.25, -0.2) is 0 Å². The summed E-state index contributed by atoms with van der Waals surface area (Å²) in [5.74, 6) is 1.93. The molecule has 6 aliphatic rings. The summed E-state index contributed by atoms with van der Waals surface area (Å²) in [7, 11) is 0. The number of Topliss-reactive ketones (excluding diaryl/α,β-unsaturated/α-hetero) is 1. The Morgan fingerprint density at radius 3 is 2.38 bits per heavy atom. The molecule has 9 unspecified atom stereocenters. The molecule has 3 N–H and O–H groups in total. The topological polar surface area (TPSA) is 131 Å². The lowest BCUT2D eigenvalue weighted by molar-refractivity contribution is -0.214. The number of hydrogen-bond donors (Lipinski definition) is 3. The Hall–Kier alpha value is -3.07. The molecule has 1 aliphatic heterocycles. The summed E-state index contributed by atoms with van der Waals surface area (Å²) < 4.78 is 17.2. The van der Waals surface area contributed by atoms with E-state index < -0.39 is 28.9 Å². The van der Waals surface area contributed by atoms with E-state index in [0.717, 1.165) is 68.4 Å². The maximum absolute atomic E-state index is 14.0. The Morgan fingerprint density at radius 1 is 0.962 bits per heavy atom. The third-order valence-electron chi connectivity index (χ3n) is 15.5. The van der Waals surface area contributed by atoms with Gasteiger partial charge in [0.15, 0.2) is 17.3 Å². The maximum Gasteiger partial charge on any atom is 0.309 e. The molecule has 9 nitrogen and oxygen atoms in total. The van der Waals surface area contributed by atoms with Gasteiger partial charge in [0, 0.05) is 35.5 Å². The first kappa shape index (κ1) is 37.3. The highest BCUT2D eigenvalue weighted by molar-refractivity contribution is 6.00. The zero-order valence-electron chi connectivity index (χ0n) is 32.6. The third-order valence-corrected chi connectivity index (χ3v) is 15.5. The van der Waals surface area contributed by atoms with Crippen molar-refractivity contribution in [3.05, 3.63) is 29.3 Å². The normalized spacial score (nSPS) is 36.7. The highest BCUT2D eigenvalue weighted by atomic mass is 16.7. The van der Waals surface area contributed by atoms with Crippen molar-refractivity contribution in [3.8, 4) is 11.5 Å². The summed E-state index contributed by atoms with van der Waals surface area (Å²) >= 11 is 0. The maximum atomic E-state index is 14.0. The average Bonchev–Trinajstić information content (AvgIpc) is 3.66. The molecule has 0 saturated heterocycles. The predicted molar refractivity (Wildman–Crippen MR) is 198 cm³/mol. The smallest absolute Gasteiger partial charge is 0.309 e. The molecule has 1 aromatic rings. The van der Waals surface area contributed by atoms with E-state index in [9.17, 15) is 24.6 Å². The molecule has 0 spiro atoms. The van der Waals surface area contributed by atoms with Crippen molar-refractivity contribution < 1.29 is 38.8 Å². The first-order valence-corrected chi connectivity index (χ1v) is 19.9. The SMILES string of the molecule is CC(C)C1=C2C3CCC4C(C)(CCC5C(C)(C)C(OC(=O)CC(C)(C)C(=O)O)CCC54C)C3CCC2(C(O)CNc2ccc3c(c2)OCO3)CC1=O. The highest BCUT2D eigenvalue weighted by Gasteiger charge is 2.67. The molecular weight excluding hydrogens is 658 g/mol. The molecule has 9 atom stereocenters. The number of ether oxygens (including phenoxy) is 3. The van der Waals surface area contributed by atoms with E-state index in [-0.39, 0.29) is 53.2 Å². The van der Waals surface area contributed by atoms with Crippen LogP contribution in [0.4, 0.5) is 5.69 Å². The number of aliphatic hydroxyl groups excluding tert-OH is 1. The largest absolute Gasteiger partial charge is 0.481 e. The van der Waals surface area contributed by atoms with Crippen LogP contribution in [0.25, 0.3) is 0 Å². The van der Waals surface area contributed by atoms with Gasteiger partial charge in [-0.3, -0.25) is 14.4 Å². The molecular formula is C43H61NO8. The van der Waals surface area contributed by atoms with Gasteiger partial charge in [-0.05, 0) is 123 Å². The number of benzene rings is 1. The van der Waals surface area contributed by atoms with Gasteiger partial charge in [0.25, 0.3) is 0 Å². The van der Waals surface area contributed by atoms with Gasteiger partial charge in [-0.2, -0.15) is 0 Å². The van der Waals surface area contributed by atoms with E-state index in [1.54, 1.807) is 13.8 Å². The van der Waals surface area contributed by atoms with Gasteiger partial charge >= 0.3 is 11.9 Å². The van der Waals surface area contributed by atoms with E-state index in [2.05, 4.69) is 46.9 Å². The fourth-order valence-corrected chi connectivity index (χ4v) is 13.0. The van der Waals surface area contributed by atoms with Crippen molar-refractivity contribution in [2.45, 2.75) is 132 Å².